The molecule has 0 saturated heterocycles. The molecule has 3 heterocycles. The Morgan fingerprint density at radius 1 is 0.722 bits per heavy atom. The van der Waals surface area contributed by atoms with Gasteiger partial charge >= 0.3 is 11.9 Å². The van der Waals surface area contributed by atoms with Gasteiger partial charge in [-0.15, -0.1) is 22.7 Å². The molecule has 7 aromatic rings. The van der Waals surface area contributed by atoms with Crippen LogP contribution < -0.4 is 11.3 Å². The molecule has 79 heavy (non-hydrogen) atoms. The van der Waals surface area contributed by atoms with Crippen molar-refractivity contribution in [2.75, 3.05) is 48.3 Å². The van der Waals surface area contributed by atoms with Crippen molar-refractivity contribution in [3.8, 4) is 38.8 Å². The highest BCUT2D eigenvalue weighted by Gasteiger charge is 2.24. The summed E-state index contributed by atoms with van der Waals surface area (Å²) in [5.74, 6) is -1.14. The molecule has 0 spiro atoms. The number of pyridine rings is 1. The van der Waals surface area contributed by atoms with Crippen molar-refractivity contribution < 1.29 is 33.3 Å². The Labute approximate surface area is 487 Å². The molecule has 18 heteroatoms. The number of methoxy groups -OCH3 is 4. The Bertz CT molecular complexity index is 3030. The number of nitrogens with zero attached hydrogens (tertiary/aromatic N) is 5. The van der Waals surface area contributed by atoms with Crippen LogP contribution in [0.15, 0.2) is 107 Å². The van der Waals surface area contributed by atoms with Crippen LogP contribution in [-0.4, -0.2) is 86.1 Å². The number of ether oxygens (including phenoxy) is 4. The third-order valence-electron chi connectivity index (χ3n) is 11.3. The molecule has 0 amide bonds. The van der Waals surface area contributed by atoms with Crippen molar-refractivity contribution in [1.29, 1.82) is 0 Å². The number of anilines is 1. The van der Waals surface area contributed by atoms with Gasteiger partial charge in [-0.05, 0) is 106 Å². The van der Waals surface area contributed by atoms with Crippen molar-refractivity contribution >= 4 is 69.3 Å². The first-order valence-corrected chi connectivity index (χ1v) is 26.7. The molecule has 0 fully saturated rings. The maximum atomic E-state index is 13.9. The summed E-state index contributed by atoms with van der Waals surface area (Å²) < 4.78 is 20.6. The molecule has 14 nitrogen and oxygen atoms in total. The molecule has 0 unspecified atom stereocenters. The predicted octanol–water partition coefficient (Wildman–Crippen LogP) is 14.9. The molecule has 0 aliphatic heterocycles. The summed E-state index contributed by atoms with van der Waals surface area (Å²) in [6.45, 7) is 18.6. The number of halogens is 2. The number of Topliss-reactive ketones (excluding diaryl/α,β-unsaturated/α-hetero) is 1. The number of aryl methyl sites for hydroxylation is 4. The number of carbonyl (C=O) groups excluding carboxylic acids is 3. The van der Waals surface area contributed by atoms with Crippen LogP contribution in [0.25, 0.3) is 43.6 Å². The van der Waals surface area contributed by atoms with E-state index >= 15 is 0 Å². The third-order valence-corrected chi connectivity index (χ3v) is 13.5. The standard InChI is InChI=1S/C27H25ClN2O3S.C11H7ClN2S.C10H15N.C5H13NO2.C5H8O3.3CH4/c1-5-17-8-7-9-18(6-2)24(17)30-16(3)21(27(32)33-4)14-22(26(30)31)25-29-23(15-34-25)19-10-12-20(28)13-11-19;1-13-6-11-14-10(7-15-11)8-2-4-9(12)5-3-8;1-3-8-6-5-7-9(4-2)10(8)11;1-6(2)5(7-3)8-4;1-4(6)3-5(7)8-2;;;/h7-15H,5-6H2,1-4H3;2-5,7H,6H2;5-7H,3-4,11H2,1-2H3;5H,1-4H3;3H2,1-2H3;3*1H4. The van der Waals surface area contributed by atoms with Gasteiger partial charge < -0.3 is 29.5 Å². The van der Waals surface area contributed by atoms with E-state index in [9.17, 15) is 19.2 Å². The van der Waals surface area contributed by atoms with Gasteiger partial charge in [0.25, 0.3) is 12.1 Å². The smallest absolute Gasteiger partial charge is 0.339 e. The van der Waals surface area contributed by atoms with Gasteiger partial charge in [0.15, 0.2) is 5.01 Å². The van der Waals surface area contributed by atoms with Gasteiger partial charge in [0.2, 0.25) is 6.41 Å². The molecule has 3 aromatic heterocycles. The molecule has 0 bridgehead atoms. The van der Waals surface area contributed by atoms with Crippen molar-refractivity contribution in [2.45, 2.75) is 109 Å². The number of hydrogen-bond acceptors (Lipinski definition) is 14. The van der Waals surface area contributed by atoms with Crippen LogP contribution in [0, 0.1) is 13.5 Å². The quantitative estimate of drug-likeness (QED) is 0.0339. The zero-order valence-electron chi connectivity index (χ0n) is 45.3. The van der Waals surface area contributed by atoms with Gasteiger partial charge in [0.05, 0.1) is 42.4 Å². The SMILES string of the molecule is C.C.C.CCc1cccc(CC)c1-n1c(C)c(C(=O)OC)cc(-c2nc(-c3ccc(Cl)cc3)cs2)c1=O.CCc1cccc(CC)c1N.COC(=O)CC(C)=O.COC(OC)N(C)C.[C-]#[N+]Cc1nc(-c2ccc(Cl)cc2)cs1. The van der Waals surface area contributed by atoms with E-state index in [2.05, 4.69) is 60.5 Å². The van der Waals surface area contributed by atoms with E-state index in [1.165, 1.54) is 54.9 Å². The predicted molar refractivity (Wildman–Crippen MR) is 330 cm³/mol. The largest absolute Gasteiger partial charge is 0.469 e. The third kappa shape index (κ3) is 21.6. The number of aromatic nitrogens is 3. The molecule has 0 atom stereocenters. The highest BCUT2D eigenvalue weighted by atomic mass is 35.5. The molecule has 0 aliphatic rings. The highest BCUT2D eigenvalue weighted by Crippen LogP contribution is 2.31. The average molecular weight is 1160 g/mol. The van der Waals surface area contributed by atoms with Crippen LogP contribution >= 0.6 is 45.9 Å². The summed E-state index contributed by atoms with van der Waals surface area (Å²) in [5, 5.41) is 6.62. The number of nitrogen functional groups attached to an aromatic ring is 1. The second-order valence-corrected chi connectivity index (χ2v) is 19.4. The van der Waals surface area contributed by atoms with Gasteiger partial charge in [-0.25, -0.2) is 21.3 Å². The second-order valence-electron chi connectivity index (χ2n) is 16.7. The minimum Gasteiger partial charge on any atom is -0.469 e. The van der Waals surface area contributed by atoms with Crippen molar-refractivity contribution in [3.63, 3.8) is 0 Å². The summed E-state index contributed by atoms with van der Waals surface area (Å²) in [6, 6.07) is 28.8. The van der Waals surface area contributed by atoms with E-state index in [0.717, 1.165) is 80.7 Å². The van der Waals surface area contributed by atoms with Crippen LogP contribution in [0.3, 0.4) is 0 Å². The first-order valence-electron chi connectivity index (χ1n) is 24.2. The number of carbonyl (C=O) groups is 3. The molecule has 0 radical (unpaired) electrons. The topological polar surface area (TPSA) is 170 Å². The van der Waals surface area contributed by atoms with Gasteiger partial charge in [0, 0.05) is 57.5 Å². The normalized spacial score (nSPS) is 9.96. The van der Waals surface area contributed by atoms with E-state index in [-0.39, 0.29) is 46.5 Å². The van der Waals surface area contributed by atoms with Gasteiger partial charge in [-0.1, -0.05) is 134 Å². The maximum absolute atomic E-state index is 13.9. The number of esters is 2. The summed E-state index contributed by atoms with van der Waals surface area (Å²) in [4.78, 5) is 61.2. The second kappa shape index (κ2) is 37.3. The van der Waals surface area contributed by atoms with Gasteiger partial charge in [-0.3, -0.25) is 23.9 Å². The molecule has 0 aliphatic carbocycles. The summed E-state index contributed by atoms with van der Waals surface area (Å²) in [7, 11) is 9.58. The van der Waals surface area contributed by atoms with Crippen LogP contribution in [0.1, 0.15) is 107 Å². The summed E-state index contributed by atoms with van der Waals surface area (Å²) >= 11 is 14.7. The highest BCUT2D eigenvalue weighted by molar-refractivity contribution is 7.13. The average Bonchev–Trinajstić information content (AvgIpc) is 4.15. The van der Waals surface area contributed by atoms with E-state index in [1.807, 2.05) is 84.4 Å². The number of thiazole rings is 2. The zero-order valence-corrected chi connectivity index (χ0v) is 48.4. The van der Waals surface area contributed by atoms with E-state index in [4.69, 9.17) is 54.7 Å². The molecule has 2 N–H and O–H groups in total. The first kappa shape index (κ1) is 72.5. The Morgan fingerprint density at radius 3 is 1.56 bits per heavy atom. The Hall–Kier alpha value is -6.55. The van der Waals surface area contributed by atoms with Crippen LogP contribution in [0.4, 0.5) is 5.69 Å². The van der Waals surface area contributed by atoms with Gasteiger partial charge in [0.1, 0.15) is 17.2 Å². The number of hydrogen-bond donors (Lipinski definition) is 1. The maximum Gasteiger partial charge on any atom is 0.339 e. The first-order chi connectivity index (χ1) is 36.4. The van der Waals surface area contributed by atoms with Crippen LogP contribution in [0.5, 0.6) is 0 Å². The molecular weight excluding hydrogens is 1080 g/mol. The lowest BCUT2D eigenvalue weighted by atomic mass is 10.0. The number of para-hydroxylation sites is 2. The Kier molecular flexibility index (Phi) is 34.2. The van der Waals surface area contributed by atoms with E-state index < -0.39 is 11.9 Å². The van der Waals surface area contributed by atoms with Crippen LogP contribution in [-0.2, 0) is 60.8 Å². The molecule has 0 saturated carbocycles. The number of ketones is 1. The van der Waals surface area contributed by atoms with Crippen molar-refractivity contribution in [2.24, 2.45) is 0 Å². The van der Waals surface area contributed by atoms with Crippen molar-refractivity contribution in [3.05, 3.63) is 172 Å². The fourth-order valence-electron chi connectivity index (χ4n) is 7.38. The number of rotatable bonds is 15. The summed E-state index contributed by atoms with van der Waals surface area (Å²) in [5.41, 5.74) is 17.0. The lowest BCUT2D eigenvalue weighted by Gasteiger charge is -2.20. The molecule has 4 aromatic carbocycles. The fraction of sp³-hybridized carbons (Fsp3) is 0.361. The zero-order chi connectivity index (χ0) is 56.5. The Balaban J connectivity index is 0.00000112. The van der Waals surface area contributed by atoms with Gasteiger partial charge in [-0.2, -0.15) is 0 Å². The molecule has 428 valence electrons. The Morgan fingerprint density at radius 2 is 1.18 bits per heavy atom. The summed E-state index contributed by atoms with van der Waals surface area (Å²) in [6.07, 6.45) is 3.24. The van der Waals surface area contributed by atoms with Crippen molar-refractivity contribution in [1.82, 2.24) is 19.4 Å². The minimum atomic E-state index is -0.492. The van der Waals surface area contributed by atoms with Crippen LogP contribution in [0.2, 0.25) is 10.0 Å². The number of benzene rings is 4. The lowest BCUT2D eigenvalue weighted by molar-refractivity contribution is -0.179. The minimum absolute atomic E-state index is 0. The molecular formula is C61H80Cl2N6O8S2. The molecule has 7 rings (SSSR count). The fourth-order valence-corrected chi connectivity index (χ4v) is 9.19. The van der Waals surface area contributed by atoms with E-state index in [1.54, 1.807) is 43.9 Å². The number of nitrogens with two attached hydrogens (primary N) is 1. The monoisotopic (exact) mass is 1160 g/mol. The lowest BCUT2D eigenvalue weighted by Crippen LogP contribution is -2.30. The van der Waals surface area contributed by atoms with E-state index in [0.29, 0.717) is 33.4 Å².